The fraction of sp³-hybridized carbons (Fsp3) is 0.625. The first kappa shape index (κ1) is 14.9. The standard InChI is InChI=1S/C16H25NOS/c1-3-16(4-2,12-18)11-17-9-13-10-19-15-8-6-5-7-14(13)15/h5-8,13,17-18H,3-4,9-12H2,1-2H3. The highest BCUT2D eigenvalue weighted by Gasteiger charge is 2.27. The van der Waals surface area contributed by atoms with Gasteiger partial charge in [-0.1, -0.05) is 32.0 Å². The minimum absolute atomic E-state index is 0.0608. The molecule has 0 fully saturated rings. The Kier molecular flexibility index (Phi) is 5.31. The van der Waals surface area contributed by atoms with Crippen LogP contribution in [-0.2, 0) is 0 Å². The molecule has 0 saturated heterocycles. The molecule has 2 rings (SSSR count). The van der Waals surface area contributed by atoms with E-state index in [1.165, 1.54) is 16.2 Å². The van der Waals surface area contributed by atoms with Crippen LogP contribution < -0.4 is 5.32 Å². The molecule has 106 valence electrons. The first-order valence-electron chi connectivity index (χ1n) is 7.28. The van der Waals surface area contributed by atoms with Gasteiger partial charge in [0.25, 0.3) is 0 Å². The highest BCUT2D eigenvalue weighted by atomic mass is 32.2. The third-order valence-corrected chi connectivity index (χ3v) is 5.78. The van der Waals surface area contributed by atoms with E-state index in [0.29, 0.717) is 5.92 Å². The van der Waals surface area contributed by atoms with E-state index in [9.17, 15) is 5.11 Å². The number of aliphatic hydroxyl groups is 1. The van der Waals surface area contributed by atoms with Crippen molar-refractivity contribution in [2.45, 2.75) is 37.5 Å². The van der Waals surface area contributed by atoms with Crippen molar-refractivity contribution < 1.29 is 5.11 Å². The van der Waals surface area contributed by atoms with Crippen LogP contribution in [-0.4, -0.2) is 30.6 Å². The van der Waals surface area contributed by atoms with Gasteiger partial charge in [0.2, 0.25) is 0 Å². The van der Waals surface area contributed by atoms with Crippen LogP contribution in [0.4, 0.5) is 0 Å². The van der Waals surface area contributed by atoms with Crippen molar-refractivity contribution >= 4 is 11.8 Å². The van der Waals surface area contributed by atoms with Crippen LogP contribution in [0, 0.1) is 5.41 Å². The fourth-order valence-electron chi connectivity index (χ4n) is 2.69. The zero-order chi connectivity index (χ0) is 13.7. The predicted octanol–water partition coefficient (Wildman–Crippen LogP) is 3.26. The third kappa shape index (κ3) is 3.33. The van der Waals surface area contributed by atoms with Gasteiger partial charge in [-0.2, -0.15) is 0 Å². The van der Waals surface area contributed by atoms with Crippen molar-refractivity contribution in [3.8, 4) is 0 Å². The van der Waals surface area contributed by atoms with Gasteiger partial charge in [0.15, 0.2) is 0 Å². The van der Waals surface area contributed by atoms with Gasteiger partial charge in [-0.25, -0.2) is 0 Å². The summed E-state index contributed by atoms with van der Waals surface area (Å²) in [6, 6.07) is 8.72. The lowest BCUT2D eigenvalue weighted by atomic mass is 9.83. The van der Waals surface area contributed by atoms with Crippen molar-refractivity contribution in [1.82, 2.24) is 5.32 Å². The Labute approximate surface area is 121 Å². The number of hydrogen-bond donors (Lipinski definition) is 2. The van der Waals surface area contributed by atoms with Crippen LogP contribution in [0.2, 0.25) is 0 Å². The van der Waals surface area contributed by atoms with Crippen molar-refractivity contribution in [3.63, 3.8) is 0 Å². The molecule has 1 aromatic rings. The van der Waals surface area contributed by atoms with Gasteiger partial charge in [-0.3, -0.25) is 0 Å². The number of aliphatic hydroxyl groups excluding tert-OH is 1. The zero-order valence-electron chi connectivity index (χ0n) is 12.0. The molecule has 0 saturated carbocycles. The molecular formula is C16H25NOS. The Morgan fingerprint density at radius 1 is 1.32 bits per heavy atom. The number of thioether (sulfide) groups is 1. The summed E-state index contributed by atoms with van der Waals surface area (Å²) in [5.74, 6) is 1.79. The van der Waals surface area contributed by atoms with Gasteiger partial charge < -0.3 is 10.4 Å². The lowest BCUT2D eigenvalue weighted by molar-refractivity contribution is 0.113. The molecule has 0 radical (unpaired) electrons. The molecule has 0 bridgehead atoms. The molecular weight excluding hydrogens is 254 g/mol. The molecule has 1 heterocycles. The Morgan fingerprint density at radius 2 is 2.05 bits per heavy atom. The lowest BCUT2D eigenvalue weighted by Crippen LogP contribution is -2.38. The average Bonchev–Trinajstić information content (AvgIpc) is 2.88. The quantitative estimate of drug-likeness (QED) is 0.803. The van der Waals surface area contributed by atoms with Crippen LogP contribution in [0.15, 0.2) is 29.2 Å². The first-order chi connectivity index (χ1) is 9.24. The van der Waals surface area contributed by atoms with E-state index < -0.39 is 0 Å². The second-order valence-electron chi connectivity index (χ2n) is 5.54. The molecule has 1 aliphatic heterocycles. The Balaban J connectivity index is 1.87. The van der Waals surface area contributed by atoms with Gasteiger partial charge in [0.05, 0.1) is 0 Å². The van der Waals surface area contributed by atoms with E-state index >= 15 is 0 Å². The maximum absolute atomic E-state index is 9.58. The number of nitrogens with one attached hydrogen (secondary N) is 1. The third-order valence-electron chi connectivity index (χ3n) is 4.53. The molecule has 2 nitrogen and oxygen atoms in total. The van der Waals surface area contributed by atoms with Crippen LogP contribution in [0.3, 0.4) is 0 Å². The largest absolute Gasteiger partial charge is 0.396 e. The highest BCUT2D eigenvalue weighted by molar-refractivity contribution is 7.99. The molecule has 19 heavy (non-hydrogen) atoms. The molecule has 2 N–H and O–H groups in total. The molecule has 0 aliphatic carbocycles. The van der Waals surface area contributed by atoms with E-state index in [0.717, 1.165) is 25.9 Å². The van der Waals surface area contributed by atoms with Gasteiger partial charge in [0.1, 0.15) is 0 Å². The Bertz CT molecular complexity index is 395. The van der Waals surface area contributed by atoms with Gasteiger partial charge in [-0.05, 0) is 24.5 Å². The normalized spacial score (nSPS) is 18.6. The maximum atomic E-state index is 9.58. The topological polar surface area (TPSA) is 32.3 Å². The maximum Gasteiger partial charge on any atom is 0.0499 e. The molecule has 3 heteroatoms. The van der Waals surface area contributed by atoms with E-state index in [1.807, 2.05) is 11.8 Å². The van der Waals surface area contributed by atoms with Gasteiger partial charge >= 0.3 is 0 Å². The Hall–Kier alpha value is -0.510. The average molecular weight is 279 g/mol. The molecule has 0 aromatic heterocycles. The van der Waals surface area contributed by atoms with Crippen molar-refractivity contribution in [2.24, 2.45) is 5.41 Å². The van der Waals surface area contributed by atoms with Crippen LogP contribution in [0.25, 0.3) is 0 Å². The SMILES string of the molecule is CCC(CC)(CO)CNCC1CSc2ccccc21. The van der Waals surface area contributed by atoms with Crippen LogP contribution >= 0.6 is 11.8 Å². The van der Waals surface area contributed by atoms with Crippen molar-refractivity contribution in [3.05, 3.63) is 29.8 Å². The summed E-state index contributed by atoms with van der Waals surface area (Å²) >= 11 is 1.96. The molecule has 1 atom stereocenters. The van der Waals surface area contributed by atoms with Crippen LogP contribution in [0.1, 0.15) is 38.2 Å². The summed E-state index contributed by atoms with van der Waals surface area (Å²) in [7, 11) is 0. The zero-order valence-corrected chi connectivity index (χ0v) is 12.8. The van der Waals surface area contributed by atoms with Crippen molar-refractivity contribution in [1.29, 1.82) is 0 Å². The summed E-state index contributed by atoms with van der Waals surface area (Å²) in [6.07, 6.45) is 2.06. The van der Waals surface area contributed by atoms with E-state index in [4.69, 9.17) is 0 Å². The smallest absolute Gasteiger partial charge is 0.0499 e. The van der Waals surface area contributed by atoms with E-state index in [-0.39, 0.29) is 12.0 Å². The number of hydrogen-bond acceptors (Lipinski definition) is 3. The van der Waals surface area contributed by atoms with Crippen LogP contribution in [0.5, 0.6) is 0 Å². The highest BCUT2D eigenvalue weighted by Crippen LogP contribution is 2.38. The molecule has 0 amide bonds. The summed E-state index contributed by atoms with van der Waals surface area (Å²) in [5, 5.41) is 13.2. The molecule has 1 unspecified atom stereocenters. The van der Waals surface area contributed by atoms with Crippen molar-refractivity contribution in [2.75, 3.05) is 25.4 Å². The monoisotopic (exact) mass is 279 g/mol. The van der Waals surface area contributed by atoms with E-state index in [2.05, 4.69) is 43.4 Å². The lowest BCUT2D eigenvalue weighted by Gasteiger charge is -2.30. The predicted molar refractivity (Wildman–Crippen MR) is 82.9 cm³/mol. The van der Waals surface area contributed by atoms with Gasteiger partial charge in [0, 0.05) is 41.7 Å². The van der Waals surface area contributed by atoms with Gasteiger partial charge in [-0.15, -0.1) is 11.8 Å². The second-order valence-corrected chi connectivity index (χ2v) is 6.60. The minimum atomic E-state index is 0.0608. The number of fused-ring (bicyclic) bond motifs is 1. The summed E-state index contributed by atoms with van der Waals surface area (Å²) in [5.41, 5.74) is 1.55. The summed E-state index contributed by atoms with van der Waals surface area (Å²) in [6.45, 7) is 6.55. The molecule has 1 aromatic carbocycles. The first-order valence-corrected chi connectivity index (χ1v) is 8.26. The summed E-state index contributed by atoms with van der Waals surface area (Å²) < 4.78 is 0. The number of benzene rings is 1. The Morgan fingerprint density at radius 3 is 2.74 bits per heavy atom. The molecule has 1 aliphatic rings. The second kappa shape index (κ2) is 6.78. The van der Waals surface area contributed by atoms with E-state index in [1.54, 1.807) is 0 Å². The number of rotatable bonds is 7. The fourth-order valence-corrected chi connectivity index (χ4v) is 3.94. The minimum Gasteiger partial charge on any atom is -0.396 e. The summed E-state index contributed by atoms with van der Waals surface area (Å²) in [4.78, 5) is 1.44. The molecule has 0 spiro atoms.